The third kappa shape index (κ3) is 4.84. The molecule has 0 heterocycles. The van der Waals surface area contributed by atoms with Gasteiger partial charge in [0.15, 0.2) is 0 Å². The average molecular weight is 207 g/mol. The molecule has 0 fully saturated rings. The van der Waals surface area contributed by atoms with Gasteiger partial charge in [0, 0.05) is 0 Å². The summed E-state index contributed by atoms with van der Waals surface area (Å²) in [7, 11) is 1.99. The quantitative estimate of drug-likeness (QED) is 0.694. The molecular weight excluding hydrogens is 186 g/mol. The van der Waals surface area contributed by atoms with E-state index in [1.54, 1.807) is 0 Å². The Morgan fingerprint density at radius 2 is 1.93 bits per heavy atom. The van der Waals surface area contributed by atoms with Crippen LogP contribution in [0.3, 0.4) is 0 Å². The molecule has 0 radical (unpaired) electrons. The number of benzene rings is 1. The minimum Gasteiger partial charge on any atom is -0.493 e. The van der Waals surface area contributed by atoms with E-state index in [9.17, 15) is 0 Å². The van der Waals surface area contributed by atoms with Crippen LogP contribution in [0.5, 0.6) is 5.75 Å². The minimum atomic E-state index is 0.828. The van der Waals surface area contributed by atoms with E-state index in [1.807, 2.05) is 25.2 Å². The van der Waals surface area contributed by atoms with Crippen LogP contribution in [-0.4, -0.2) is 20.2 Å². The Bertz CT molecular complexity index is 273. The van der Waals surface area contributed by atoms with E-state index >= 15 is 0 Å². The van der Waals surface area contributed by atoms with Gasteiger partial charge in [0.25, 0.3) is 0 Å². The van der Waals surface area contributed by atoms with Gasteiger partial charge < -0.3 is 10.1 Å². The molecule has 0 aliphatic rings. The number of nitrogens with one attached hydrogen (secondary N) is 1. The highest BCUT2D eigenvalue weighted by Crippen LogP contribution is 2.16. The Morgan fingerprint density at radius 3 is 2.67 bits per heavy atom. The summed E-state index contributed by atoms with van der Waals surface area (Å²) < 4.78 is 5.70. The lowest BCUT2D eigenvalue weighted by atomic mass is 10.2. The van der Waals surface area contributed by atoms with Crippen molar-refractivity contribution in [3.63, 3.8) is 0 Å². The Balaban J connectivity index is 2.12. The molecule has 0 saturated carbocycles. The van der Waals surface area contributed by atoms with Crippen molar-refractivity contribution in [2.75, 3.05) is 20.2 Å². The molecule has 0 spiro atoms. The van der Waals surface area contributed by atoms with Crippen LogP contribution in [0.15, 0.2) is 24.3 Å². The number of rotatable bonds is 7. The first-order valence-electron chi connectivity index (χ1n) is 5.67. The molecule has 0 aliphatic carbocycles. The summed E-state index contributed by atoms with van der Waals surface area (Å²) in [6.07, 6.45) is 3.59. The third-order valence-electron chi connectivity index (χ3n) is 2.42. The zero-order valence-corrected chi connectivity index (χ0v) is 9.75. The first-order chi connectivity index (χ1) is 7.34. The topological polar surface area (TPSA) is 21.3 Å². The van der Waals surface area contributed by atoms with Crippen LogP contribution in [0, 0.1) is 6.92 Å². The number of hydrogen-bond donors (Lipinski definition) is 1. The molecule has 2 heteroatoms. The lowest BCUT2D eigenvalue weighted by Crippen LogP contribution is -2.08. The second-order valence-electron chi connectivity index (χ2n) is 3.78. The van der Waals surface area contributed by atoms with E-state index < -0.39 is 0 Å². The van der Waals surface area contributed by atoms with E-state index in [0.717, 1.165) is 25.3 Å². The molecule has 0 unspecified atom stereocenters. The van der Waals surface area contributed by atoms with Crippen molar-refractivity contribution in [2.45, 2.75) is 26.2 Å². The second kappa shape index (κ2) is 7.30. The maximum absolute atomic E-state index is 5.70. The van der Waals surface area contributed by atoms with Gasteiger partial charge in [-0.25, -0.2) is 0 Å². The number of aryl methyl sites for hydroxylation is 1. The molecule has 0 saturated heterocycles. The summed E-state index contributed by atoms with van der Waals surface area (Å²) in [5.74, 6) is 1.02. The summed E-state index contributed by atoms with van der Waals surface area (Å²) in [6.45, 7) is 4.01. The molecule has 0 amide bonds. The fraction of sp³-hybridized carbons (Fsp3) is 0.538. The highest BCUT2D eigenvalue weighted by molar-refractivity contribution is 5.31. The molecule has 15 heavy (non-hydrogen) atoms. The highest BCUT2D eigenvalue weighted by atomic mass is 16.5. The van der Waals surface area contributed by atoms with Crippen LogP contribution in [0.2, 0.25) is 0 Å². The van der Waals surface area contributed by atoms with Gasteiger partial charge >= 0.3 is 0 Å². The van der Waals surface area contributed by atoms with Gasteiger partial charge in [-0.05, 0) is 51.4 Å². The fourth-order valence-electron chi connectivity index (χ4n) is 1.48. The van der Waals surface area contributed by atoms with Crippen LogP contribution in [0.4, 0.5) is 0 Å². The molecule has 2 nitrogen and oxygen atoms in total. The van der Waals surface area contributed by atoms with Crippen LogP contribution in [0.1, 0.15) is 24.8 Å². The van der Waals surface area contributed by atoms with Gasteiger partial charge in [-0.3, -0.25) is 0 Å². The number of para-hydroxylation sites is 1. The van der Waals surface area contributed by atoms with Crippen molar-refractivity contribution in [3.8, 4) is 5.75 Å². The molecule has 0 bridgehead atoms. The monoisotopic (exact) mass is 207 g/mol. The first-order valence-corrected chi connectivity index (χ1v) is 5.67. The molecule has 1 aromatic carbocycles. The summed E-state index contributed by atoms with van der Waals surface area (Å²) in [4.78, 5) is 0. The highest BCUT2D eigenvalue weighted by Gasteiger charge is 1.96. The van der Waals surface area contributed by atoms with Crippen molar-refractivity contribution in [1.29, 1.82) is 0 Å². The molecule has 1 aromatic rings. The first kappa shape index (κ1) is 12.1. The Morgan fingerprint density at radius 1 is 1.13 bits per heavy atom. The molecule has 1 rings (SSSR count). The fourth-order valence-corrected chi connectivity index (χ4v) is 1.48. The predicted molar refractivity (Wildman–Crippen MR) is 64.5 cm³/mol. The second-order valence-corrected chi connectivity index (χ2v) is 3.78. The Hall–Kier alpha value is -1.02. The molecule has 84 valence electrons. The van der Waals surface area contributed by atoms with Gasteiger partial charge in [0.1, 0.15) is 5.75 Å². The molecular formula is C13H21NO. The van der Waals surface area contributed by atoms with Gasteiger partial charge in [-0.1, -0.05) is 18.2 Å². The van der Waals surface area contributed by atoms with E-state index in [4.69, 9.17) is 4.74 Å². The van der Waals surface area contributed by atoms with Gasteiger partial charge in [0.2, 0.25) is 0 Å². The normalized spacial score (nSPS) is 10.3. The van der Waals surface area contributed by atoms with Gasteiger partial charge in [-0.2, -0.15) is 0 Å². The predicted octanol–water partition coefficient (Wildman–Crippen LogP) is 2.76. The zero-order chi connectivity index (χ0) is 10.9. The van der Waals surface area contributed by atoms with Crippen molar-refractivity contribution in [3.05, 3.63) is 29.8 Å². The lowest BCUT2D eigenvalue weighted by Gasteiger charge is -2.08. The van der Waals surface area contributed by atoms with Crippen molar-refractivity contribution < 1.29 is 4.74 Å². The Labute approximate surface area is 92.6 Å². The van der Waals surface area contributed by atoms with Crippen molar-refractivity contribution in [2.24, 2.45) is 0 Å². The molecule has 0 aliphatic heterocycles. The zero-order valence-electron chi connectivity index (χ0n) is 9.75. The molecule has 0 atom stereocenters. The van der Waals surface area contributed by atoms with E-state index in [2.05, 4.69) is 18.3 Å². The van der Waals surface area contributed by atoms with Gasteiger partial charge in [-0.15, -0.1) is 0 Å². The largest absolute Gasteiger partial charge is 0.493 e. The molecule has 1 N–H and O–H groups in total. The van der Waals surface area contributed by atoms with E-state index in [-0.39, 0.29) is 0 Å². The summed E-state index contributed by atoms with van der Waals surface area (Å²) in [5, 5.41) is 3.14. The maximum Gasteiger partial charge on any atom is 0.122 e. The summed E-state index contributed by atoms with van der Waals surface area (Å²) in [5.41, 5.74) is 1.22. The number of unbranched alkanes of at least 4 members (excludes halogenated alkanes) is 2. The maximum atomic E-state index is 5.70. The lowest BCUT2D eigenvalue weighted by molar-refractivity contribution is 0.303. The van der Waals surface area contributed by atoms with Crippen molar-refractivity contribution >= 4 is 0 Å². The number of hydrogen-bond acceptors (Lipinski definition) is 2. The van der Waals surface area contributed by atoms with Gasteiger partial charge in [0.05, 0.1) is 6.61 Å². The summed E-state index contributed by atoms with van der Waals surface area (Å²) in [6, 6.07) is 8.16. The van der Waals surface area contributed by atoms with Crippen LogP contribution in [0.25, 0.3) is 0 Å². The minimum absolute atomic E-state index is 0.828. The molecule has 0 aromatic heterocycles. The van der Waals surface area contributed by atoms with Crippen LogP contribution in [-0.2, 0) is 0 Å². The van der Waals surface area contributed by atoms with Crippen LogP contribution >= 0.6 is 0 Å². The average Bonchev–Trinajstić information content (AvgIpc) is 2.25. The van der Waals surface area contributed by atoms with E-state index in [1.165, 1.54) is 18.4 Å². The van der Waals surface area contributed by atoms with Crippen molar-refractivity contribution in [1.82, 2.24) is 5.32 Å². The Kier molecular flexibility index (Phi) is 5.86. The number of ether oxygens (including phenoxy) is 1. The standard InChI is InChI=1S/C13H21NO/c1-12-8-4-5-9-13(12)15-11-7-3-6-10-14-2/h4-5,8-9,14H,3,6-7,10-11H2,1-2H3. The third-order valence-corrected chi connectivity index (χ3v) is 2.42. The van der Waals surface area contributed by atoms with E-state index in [0.29, 0.717) is 0 Å². The van der Waals surface area contributed by atoms with Crippen LogP contribution < -0.4 is 10.1 Å². The smallest absolute Gasteiger partial charge is 0.122 e. The summed E-state index contributed by atoms with van der Waals surface area (Å²) >= 11 is 0. The SMILES string of the molecule is CNCCCCCOc1ccccc1C.